The molecule has 1 aliphatic heterocycles. The van der Waals surface area contributed by atoms with E-state index < -0.39 is 29.8 Å². The summed E-state index contributed by atoms with van der Waals surface area (Å²) in [4.78, 5) is 53.3. The zero-order chi connectivity index (χ0) is 17.1. The molecule has 11 heteroatoms. The van der Waals surface area contributed by atoms with Crippen molar-refractivity contribution in [2.24, 2.45) is 5.73 Å². The minimum Gasteiger partial charge on any atom is -0.375 e. The Morgan fingerprint density at radius 3 is 2.43 bits per heavy atom. The van der Waals surface area contributed by atoms with Crippen LogP contribution < -0.4 is 16.8 Å². The summed E-state index contributed by atoms with van der Waals surface area (Å²) < 4.78 is 0. The van der Waals surface area contributed by atoms with Gasteiger partial charge in [0.05, 0.1) is 5.69 Å². The number of amides is 5. The van der Waals surface area contributed by atoms with E-state index >= 15 is 0 Å². The van der Waals surface area contributed by atoms with E-state index in [1.165, 1.54) is 5.38 Å². The number of hydrogen-bond donors (Lipinski definition) is 3. The molecule has 1 aliphatic rings. The normalized spacial score (nSPS) is 16.4. The van der Waals surface area contributed by atoms with Crippen molar-refractivity contribution in [1.82, 2.24) is 20.1 Å². The second-order valence-electron chi connectivity index (χ2n) is 4.78. The Labute approximate surface area is 135 Å². The van der Waals surface area contributed by atoms with E-state index in [0.29, 0.717) is 0 Å². The van der Waals surface area contributed by atoms with Crippen LogP contribution in [0.5, 0.6) is 0 Å². The molecule has 0 spiro atoms. The Balaban J connectivity index is 2.09. The van der Waals surface area contributed by atoms with Gasteiger partial charge in [0.25, 0.3) is 0 Å². The highest BCUT2D eigenvalue weighted by Crippen LogP contribution is 2.18. The van der Waals surface area contributed by atoms with Crippen molar-refractivity contribution in [3.05, 3.63) is 11.1 Å². The first-order valence-corrected chi connectivity index (χ1v) is 7.60. The zero-order valence-electron chi connectivity index (χ0n) is 12.3. The third-order valence-corrected chi connectivity index (χ3v) is 3.94. The maximum atomic E-state index is 12.2. The number of nitrogen functional groups attached to an aromatic ring is 1. The lowest BCUT2D eigenvalue weighted by molar-refractivity contribution is -0.149. The lowest BCUT2D eigenvalue weighted by Crippen LogP contribution is -2.58. The number of piperazine rings is 1. The SMILES string of the molecule is CCN1C(=O)CN(C(=O)NC(C(N)=O)c2csc(N)n2)CC1=O. The number of nitrogens with one attached hydrogen (secondary N) is 1. The van der Waals surface area contributed by atoms with E-state index in [0.717, 1.165) is 21.1 Å². The summed E-state index contributed by atoms with van der Waals surface area (Å²) in [6.45, 7) is 1.41. The zero-order valence-corrected chi connectivity index (χ0v) is 13.1. The lowest BCUT2D eigenvalue weighted by atomic mass is 10.2. The summed E-state index contributed by atoms with van der Waals surface area (Å²) in [6, 6.07) is -1.94. The summed E-state index contributed by atoms with van der Waals surface area (Å²) in [7, 11) is 0. The van der Waals surface area contributed by atoms with Crippen molar-refractivity contribution in [3.63, 3.8) is 0 Å². The average Bonchev–Trinajstić information content (AvgIpc) is 2.90. The minimum absolute atomic E-state index is 0.207. The number of carbonyl (C=O) groups is 4. The highest BCUT2D eigenvalue weighted by Gasteiger charge is 2.34. The van der Waals surface area contributed by atoms with Crippen LogP contribution in [0.2, 0.25) is 0 Å². The van der Waals surface area contributed by atoms with Gasteiger partial charge in [-0.15, -0.1) is 11.3 Å². The third-order valence-electron chi connectivity index (χ3n) is 3.25. The fourth-order valence-corrected chi connectivity index (χ4v) is 2.72. The molecule has 1 saturated heterocycles. The number of likely N-dealkylation sites (N-methyl/N-ethyl adjacent to an activating group) is 1. The molecule has 0 aromatic carbocycles. The molecule has 0 radical (unpaired) electrons. The summed E-state index contributed by atoms with van der Waals surface area (Å²) in [6.07, 6.45) is 0. The van der Waals surface area contributed by atoms with Crippen LogP contribution >= 0.6 is 11.3 Å². The van der Waals surface area contributed by atoms with Crippen molar-refractivity contribution < 1.29 is 19.2 Å². The molecule has 0 saturated carbocycles. The molecule has 5 N–H and O–H groups in total. The molecule has 5 amide bonds. The number of carbonyl (C=O) groups excluding carboxylic acids is 4. The predicted molar refractivity (Wildman–Crippen MR) is 81.0 cm³/mol. The maximum Gasteiger partial charge on any atom is 0.319 e. The first kappa shape index (κ1) is 16.7. The lowest BCUT2D eigenvalue weighted by Gasteiger charge is -2.32. The van der Waals surface area contributed by atoms with Crippen molar-refractivity contribution in [3.8, 4) is 0 Å². The number of primary amides is 1. The van der Waals surface area contributed by atoms with Gasteiger partial charge in [0.1, 0.15) is 13.1 Å². The van der Waals surface area contributed by atoms with E-state index in [9.17, 15) is 19.2 Å². The number of hydrogen-bond acceptors (Lipinski definition) is 7. The van der Waals surface area contributed by atoms with Gasteiger partial charge in [-0.3, -0.25) is 19.3 Å². The fraction of sp³-hybridized carbons (Fsp3) is 0.417. The standard InChI is InChI=1S/C12H16N6O4S/c1-2-18-7(19)3-17(4-8(18)20)12(22)16-9(10(13)21)6-5-23-11(14)15-6/h5,9H,2-4H2,1H3,(H2,13,21)(H2,14,15)(H,16,22). The molecular formula is C12H16N6O4S. The first-order valence-electron chi connectivity index (χ1n) is 6.72. The van der Waals surface area contributed by atoms with Crippen LogP contribution in [0.25, 0.3) is 0 Å². The number of nitrogens with zero attached hydrogens (tertiary/aromatic N) is 3. The molecule has 23 heavy (non-hydrogen) atoms. The van der Waals surface area contributed by atoms with Gasteiger partial charge in [-0.2, -0.15) is 0 Å². The fourth-order valence-electron chi connectivity index (χ4n) is 2.13. The van der Waals surface area contributed by atoms with Gasteiger partial charge < -0.3 is 21.7 Å². The monoisotopic (exact) mass is 340 g/mol. The molecular weight excluding hydrogens is 324 g/mol. The quantitative estimate of drug-likeness (QED) is 0.576. The molecule has 124 valence electrons. The van der Waals surface area contributed by atoms with E-state index in [1.54, 1.807) is 6.92 Å². The van der Waals surface area contributed by atoms with Crippen LogP contribution in [0.3, 0.4) is 0 Å². The molecule has 10 nitrogen and oxygen atoms in total. The molecule has 0 aliphatic carbocycles. The van der Waals surface area contributed by atoms with Crippen LogP contribution in [-0.2, 0) is 14.4 Å². The Morgan fingerprint density at radius 2 is 2.00 bits per heavy atom. The minimum atomic E-state index is -1.19. The van der Waals surface area contributed by atoms with Crippen LogP contribution in [-0.4, -0.2) is 58.2 Å². The van der Waals surface area contributed by atoms with Crippen molar-refractivity contribution in [1.29, 1.82) is 0 Å². The van der Waals surface area contributed by atoms with Crippen molar-refractivity contribution in [2.45, 2.75) is 13.0 Å². The molecule has 1 fully saturated rings. The number of anilines is 1. The average molecular weight is 340 g/mol. The number of imide groups is 1. The molecule has 2 heterocycles. The maximum absolute atomic E-state index is 12.2. The van der Waals surface area contributed by atoms with Gasteiger partial charge in [-0.1, -0.05) is 0 Å². The van der Waals surface area contributed by atoms with Crippen LogP contribution in [0.4, 0.5) is 9.93 Å². The summed E-state index contributed by atoms with van der Waals surface area (Å²) >= 11 is 1.10. The number of urea groups is 1. The van der Waals surface area contributed by atoms with E-state index in [4.69, 9.17) is 11.5 Å². The highest BCUT2D eigenvalue weighted by molar-refractivity contribution is 7.13. The molecule has 1 unspecified atom stereocenters. The van der Waals surface area contributed by atoms with Gasteiger partial charge in [-0.05, 0) is 6.92 Å². The van der Waals surface area contributed by atoms with Gasteiger partial charge >= 0.3 is 6.03 Å². The Hall–Kier alpha value is -2.69. The first-order chi connectivity index (χ1) is 10.8. The van der Waals surface area contributed by atoms with Crippen LogP contribution in [0.1, 0.15) is 18.7 Å². The molecule has 1 aromatic heterocycles. The smallest absolute Gasteiger partial charge is 0.319 e. The van der Waals surface area contributed by atoms with Gasteiger partial charge in [0, 0.05) is 11.9 Å². The van der Waals surface area contributed by atoms with E-state index in [1.807, 2.05) is 0 Å². The van der Waals surface area contributed by atoms with Crippen LogP contribution in [0.15, 0.2) is 5.38 Å². The molecule has 1 aromatic rings. The third kappa shape index (κ3) is 3.56. The molecule has 1 atom stereocenters. The molecule has 0 bridgehead atoms. The Kier molecular flexibility index (Phi) is 4.79. The predicted octanol–water partition coefficient (Wildman–Crippen LogP) is -1.35. The Bertz CT molecular complexity index is 642. The number of rotatable bonds is 4. The summed E-state index contributed by atoms with van der Waals surface area (Å²) in [5, 5.41) is 4.09. The Morgan fingerprint density at radius 1 is 1.39 bits per heavy atom. The number of aromatic nitrogens is 1. The number of nitrogens with two attached hydrogens (primary N) is 2. The second-order valence-corrected chi connectivity index (χ2v) is 5.67. The highest BCUT2D eigenvalue weighted by atomic mass is 32.1. The van der Waals surface area contributed by atoms with E-state index in [2.05, 4.69) is 10.3 Å². The summed E-state index contributed by atoms with van der Waals surface area (Å²) in [5.74, 6) is -1.78. The number of thiazole rings is 1. The van der Waals surface area contributed by atoms with Gasteiger partial charge in [-0.25, -0.2) is 9.78 Å². The van der Waals surface area contributed by atoms with Gasteiger partial charge in [0.2, 0.25) is 17.7 Å². The van der Waals surface area contributed by atoms with Crippen molar-refractivity contribution in [2.75, 3.05) is 25.4 Å². The molecule has 2 rings (SSSR count). The second kappa shape index (κ2) is 6.60. The summed E-state index contributed by atoms with van der Waals surface area (Å²) in [5.41, 5.74) is 11.0. The van der Waals surface area contributed by atoms with Crippen molar-refractivity contribution >= 4 is 40.2 Å². The van der Waals surface area contributed by atoms with E-state index in [-0.39, 0.29) is 30.5 Å². The van der Waals surface area contributed by atoms with Crippen LogP contribution in [0, 0.1) is 0 Å². The van der Waals surface area contributed by atoms with Gasteiger partial charge in [0.15, 0.2) is 11.2 Å². The largest absolute Gasteiger partial charge is 0.375 e. The topological polar surface area (TPSA) is 152 Å².